The quantitative estimate of drug-likeness (QED) is 0.830. The third-order valence-corrected chi connectivity index (χ3v) is 2.58. The van der Waals surface area contributed by atoms with Crippen molar-refractivity contribution < 1.29 is 14.3 Å². The van der Waals surface area contributed by atoms with Crippen LogP contribution in [0.2, 0.25) is 0 Å². The number of allylic oxidation sites excluding steroid dienone is 1. The van der Waals surface area contributed by atoms with Gasteiger partial charge >= 0.3 is 0 Å². The lowest BCUT2D eigenvalue weighted by Crippen LogP contribution is -2.17. The number of nitrogens with one attached hydrogen (secondary N) is 2. The Morgan fingerprint density at radius 1 is 1.28 bits per heavy atom. The largest absolute Gasteiger partial charge is 0.497 e. The molecule has 2 rings (SSSR count). The molecule has 1 aromatic carbocycles. The normalized spacial score (nSPS) is 13.1. The van der Waals surface area contributed by atoms with E-state index in [2.05, 4.69) is 10.8 Å². The molecule has 0 fully saturated rings. The molecule has 1 aromatic rings. The molecule has 0 spiro atoms. The monoisotopic (exact) mass is 248 g/mol. The Kier molecular flexibility index (Phi) is 3.96. The van der Waals surface area contributed by atoms with Gasteiger partial charge < -0.3 is 19.6 Å². The number of benzene rings is 1. The summed E-state index contributed by atoms with van der Waals surface area (Å²) < 4.78 is 10.5. The molecule has 1 aliphatic heterocycles. The molecule has 0 amide bonds. The molecule has 5 heteroatoms. The third-order valence-electron chi connectivity index (χ3n) is 2.58. The first kappa shape index (κ1) is 12.2. The molecule has 0 atom stereocenters. The smallest absolute Gasteiger partial charge is 0.127 e. The molecule has 0 aliphatic carbocycles. The van der Waals surface area contributed by atoms with E-state index in [0.29, 0.717) is 6.54 Å². The summed E-state index contributed by atoms with van der Waals surface area (Å²) in [7, 11) is 3.28. The van der Waals surface area contributed by atoms with Crippen LogP contribution >= 0.6 is 0 Å². The van der Waals surface area contributed by atoms with Crippen molar-refractivity contribution >= 4 is 0 Å². The van der Waals surface area contributed by atoms with E-state index in [1.54, 1.807) is 26.7 Å². The highest BCUT2D eigenvalue weighted by Crippen LogP contribution is 2.24. The SMILES string of the molecule is COc1ccc(CNC2=CNOC=C2)c(OC)c1. The molecule has 96 valence electrons. The summed E-state index contributed by atoms with van der Waals surface area (Å²) in [5.74, 6) is 1.58. The van der Waals surface area contributed by atoms with Crippen LogP contribution in [0.15, 0.2) is 42.4 Å². The van der Waals surface area contributed by atoms with Gasteiger partial charge in [0.1, 0.15) is 17.8 Å². The van der Waals surface area contributed by atoms with E-state index in [9.17, 15) is 0 Å². The maximum Gasteiger partial charge on any atom is 0.127 e. The number of methoxy groups -OCH3 is 2. The molecule has 0 aromatic heterocycles. The van der Waals surface area contributed by atoms with Crippen LogP contribution in [-0.2, 0) is 11.4 Å². The zero-order chi connectivity index (χ0) is 12.8. The van der Waals surface area contributed by atoms with Crippen LogP contribution in [0.1, 0.15) is 5.56 Å². The minimum atomic E-state index is 0.658. The van der Waals surface area contributed by atoms with Crippen molar-refractivity contribution in [1.82, 2.24) is 10.8 Å². The molecule has 1 heterocycles. The highest BCUT2D eigenvalue weighted by molar-refractivity contribution is 5.41. The fourth-order valence-corrected chi connectivity index (χ4v) is 1.60. The van der Waals surface area contributed by atoms with Gasteiger partial charge in [0.2, 0.25) is 0 Å². The molecule has 0 saturated heterocycles. The first-order valence-electron chi connectivity index (χ1n) is 5.56. The summed E-state index contributed by atoms with van der Waals surface area (Å²) in [5, 5.41) is 3.26. The number of hydrogen-bond acceptors (Lipinski definition) is 5. The second-order valence-corrected chi connectivity index (χ2v) is 3.67. The predicted molar refractivity (Wildman–Crippen MR) is 67.8 cm³/mol. The summed E-state index contributed by atoms with van der Waals surface area (Å²) in [6.07, 6.45) is 5.16. The Bertz CT molecular complexity index is 469. The molecule has 2 N–H and O–H groups in total. The zero-order valence-electron chi connectivity index (χ0n) is 10.4. The van der Waals surface area contributed by atoms with Gasteiger partial charge in [-0.2, -0.15) is 0 Å². The van der Waals surface area contributed by atoms with E-state index < -0.39 is 0 Å². The maximum absolute atomic E-state index is 5.33. The van der Waals surface area contributed by atoms with Gasteiger partial charge in [-0.3, -0.25) is 0 Å². The van der Waals surface area contributed by atoms with Gasteiger partial charge in [-0.15, -0.1) is 0 Å². The van der Waals surface area contributed by atoms with E-state index >= 15 is 0 Å². The van der Waals surface area contributed by atoms with Crippen LogP contribution in [-0.4, -0.2) is 14.2 Å². The van der Waals surface area contributed by atoms with Crippen LogP contribution in [0.3, 0.4) is 0 Å². The van der Waals surface area contributed by atoms with E-state index in [-0.39, 0.29) is 0 Å². The minimum absolute atomic E-state index is 0.658. The fourth-order valence-electron chi connectivity index (χ4n) is 1.60. The average molecular weight is 248 g/mol. The minimum Gasteiger partial charge on any atom is -0.497 e. The van der Waals surface area contributed by atoms with Crippen molar-refractivity contribution in [2.24, 2.45) is 0 Å². The highest BCUT2D eigenvalue weighted by Gasteiger charge is 2.05. The molecule has 0 unspecified atom stereocenters. The molecule has 0 saturated carbocycles. The van der Waals surface area contributed by atoms with Gasteiger partial charge in [-0.05, 0) is 12.1 Å². The van der Waals surface area contributed by atoms with Crippen LogP contribution in [0.25, 0.3) is 0 Å². The van der Waals surface area contributed by atoms with Crippen molar-refractivity contribution in [1.29, 1.82) is 0 Å². The number of rotatable bonds is 5. The number of hydroxylamine groups is 1. The fraction of sp³-hybridized carbons (Fsp3) is 0.231. The van der Waals surface area contributed by atoms with Gasteiger partial charge in [0, 0.05) is 24.3 Å². The van der Waals surface area contributed by atoms with Crippen LogP contribution in [0.5, 0.6) is 11.5 Å². The average Bonchev–Trinajstić information content (AvgIpc) is 2.46. The Morgan fingerprint density at radius 3 is 2.83 bits per heavy atom. The molecular weight excluding hydrogens is 232 g/mol. The second-order valence-electron chi connectivity index (χ2n) is 3.67. The van der Waals surface area contributed by atoms with Crippen LogP contribution in [0.4, 0.5) is 0 Å². The van der Waals surface area contributed by atoms with E-state index in [1.807, 2.05) is 24.3 Å². The van der Waals surface area contributed by atoms with Gasteiger partial charge in [0.25, 0.3) is 0 Å². The van der Waals surface area contributed by atoms with Gasteiger partial charge in [-0.25, -0.2) is 5.48 Å². The molecule has 1 aliphatic rings. The van der Waals surface area contributed by atoms with Crippen molar-refractivity contribution in [3.05, 3.63) is 48.0 Å². The van der Waals surface area contributed by atoms with Crippen molar-refractivity contribution in [2.75, 3.05) is 14.2 Å². The molecule has 0 radical (unpaired) electrons. The molecular formula is C13H16N2O3. The lowest BCUT2D eigenvalue weighted by molar-refractivity contribution is 0.169. The third kappa shape index (κ3) is 2.88. The number of ether oxygens (including phenoxy) is 2. The van der Waals surface area contributed by atoms with Gasteiger partial charge in [0.15, 0.2) is 0 Å². The summed E-state index contributed by atoms with van der Waals surface area (Å²) in [4.78, 5) is 4.84. The second kappa shape index (κ2) is 5.86. The first-order valence-corrected chi connectivity index (χ1v) is 5.56. The topological polar surface area (TPSA) is 51.8 Å². The van der Waals surface area contributed by atoms with E-state index in [1.165, 1.54) is 0 Å². The Morgan fingerprint density at radius 2 is 2.17 bits per heavy atom. The molecule has 18 heavy (non-hydrogen) atoms. The highest BCUT2D eigenvalue weighted by atomic mass is 16.6. The maximum atomic E-state index is 5.33. The Hall–Kier alpha value is -2.30. The molecule has 0 bridgehead atoms. The lowest BCUT2D eigenvalue weighted by Gasteiger charge is -2.14. The van der Waals surface area contributed by atoms with Crippen molar-refractivity contribution in [2.45, 2.75) is 6.54 Å². The van der Waals surface area contributed by atoms with Crippen LogP contribution < -0.4 is 20.3 Å². The number of hydrogen-bond donors (Lipinski definition) is 2. The lowest BCUT2D eigenvalue weighted by atomic mass is 10.2. The first-order chi connectivity index (χ1) is 8.83. The summed E-state index contributed by atoms with van der Waals surface area (Å²) in [6.45, 7) is 0.658. The predicted octanol–water partition coefficient (Wildman–Crippen LogP) is 1.68. The summed E-state index contributed by atoms with van der Waals surface area (Å²) >= 11 is 0. The van der Waals surface area contributed by atoms with Crippen molar-refractivity contribution in [3.63, 3.8) is 0 Å². The summed E-state index contributed by atoms with van der Waals surface area (Å²) in [5.41, 5.74) is 4.65. The Balaban J connectivity index is 2.04. The van der Waals surface area contributed by atoms with Gasteiger partial charge in [-0.1, -0.05) is 0 Å². The summed E-state index contributed by atoms with van der Waals surface area (Å²) in [6, 6.07) is 5.75. The van der Waals surface area contributed by atoms with Gasteiger partial charge in [0.05, 0.1) is 26.1 Å². The Labute approximate surface area is 106 Å². The van der Waals surface area contributed by atoms with Crippen LogP contribution in [0, 0.1) is 0 Å². The van der Waals surface area contributed by atoms with Crippen molar-refractivity contribution in [3.8, 4) is 11.5 Å². The van der Waals surface area contributed by atoms with E-state index in [0.717, 1.165) is 22.8 Å². The molecule has 5 nitrogen and oxygen atoms in total. The zero-order valence-corrected chi connectivity index (χ0v) is 10.4. The van der Waals surface area contributed by atoms with E-state index in [4.69, 9.17) is 14.3 Å². The standard InChI is InChI=1S/C13H16N2O3/c1-16-12-4-3-10(13(7-12)17-2)8-14-11-5-6-18-15-9-11/h3-7,9,14-15H,8H2,1-2H3.